The first-order chi connectivity index (χ1) is 13.5. The lowest BCUT2D eigenvalue weighted by Gasteiger charge is -2.06. The Morgan fingerprint density at radius 2 is 1.96 bits per heavy atom. The number of nitro benzene ring substituents is 1. The number of aromatic nitrogens is 2. The molecule has 9 heteroatoms. The highest BCUT2D eigenvalue weighted by Gasteiger charge is 2.17. The molecule has 2 aromatic carbocycles. The van der Waals surface area contributed by atoms with Gasteiger partial charge in [-0.05, 0) is 0 Å². The normalized spacial score (nSPS) is 10.2. The van der Waals surface area contributed by atoms with Crippen molar-refractivity contribution in [2.24, 2.45) is 0 Å². The fourth-order valence-corrected chi connectivity index (χ4v) is 3.20. The van der Waals surface area contributed by atoms with E-state index in [1.165, 1.54) is 24.3 Å². The van der Waals surface area contributed by atoms with Crippen LogP contribution in [0, 0.1) is 21.4 Å². The Labute approximate surface area is 163 Å². The number of nitrogens with zero attached hydrogens (tertiary/aromatic N) is 3. The molecule has 3 rings (SSSR count). The van der Waals surface area contributed by atoms with E-state index in [1.807, 2.05) is 0 Å². The van der Waals surface area contributed by atoms with Gasteiger partial charge in [0.2, 0.25) is 0 Å². The molecule has 8 nitrogen and oxygen atoms in total. The summed E-state index contributed by atoms with van der Waals surface area (Å²) in [6, 6.07) is 16.0. The lowest BCUT2D eigenvalue weighted by molar-refractivity contribution is -0.384. The van der Waals surface area contributed by atoms with Crippen LogP contribution in [0.1, 0.15) is 15.9 Å². The van der Waals surface area contributed by atoms with E-state index < -0.39 is 10.5 Å². The molecule has 1 N–H and O–H groups in total. The van der Waals surface area contributed by atoms with Crippen molar-refractivity contribution in [3.63, 3.8) is 0 Å². The molecule has 0 atom stereocenters. The summed E-state index contributed by atoms with van der Waals surface area (Å²) >= 11 is 1.02. The molecular weight excluding hydrogens is 380 g/mol. The van der Waals surface area contributed by atoms with Gasteiger partial charge < -0.3 is 4.98 Å². The molecule has 0 fully saturated rings. The topological polar surface area (TPSA) is 130 Å². The van der Waals surface area contributed by atoms with Gasteiger partial charge in [0, 0.05) is 23.3 Å². The Kier molecular flexibility index (Phi) is 5.62. The number of nitro groups is 1. The van der Waals surface area contributed by atoms with Gasteiger partial charge >= 0.3 is 0 Å². The summed E-state index contributed by atoms with van der Waals surface area (Å²) < 4.78 is 0. The fourth-order valence-electron chi connectivity index (χ4n) is 2.44. The summed E-state index contributed by atoms with van der Waals surface area (Å²) in [4.78, 5) is 41.6. The van der Waals surface area contributed by atoms with Gasteiger partial charge in [-0.3, -0.25) is 19.7 Å². The quantitative estimate of drug-likeness (QED) is 0.224. The molecule has 0 radical (unpaired) electrons. The molecule has 0 aliphatic rings. The molecule has 0 aliphatic carbocycles. The lowest BCUT2D eigenvalue weighted by atomic mass is 10.1. The number of benzene rings is 2. The second-order valence-electron chi connectivity index (χ2n) is 5.59. The molecule has 0 bridgehead atoms. The van der Waals surface area contributed by atoms with E-state index in [2.05, 4.69) is 9.97 Å². The van der Waals surface area contributed by atoms with Crippen LogP contribution in [0.5, 0.6) is 0 Å². The zero-order valence-electron chi connectivity index (χ0n) is 14.3. The van der Waals surface area contributed by atoms with E-state index in [1.54, 1.807) is 36.4 Å². The van der Waals surface area contributed by atoms with Gasteiger partial charge in [-0.2, -0.15) is 5.26 Å². The van der Waals surface area contributed by atoms with Gasteiger partial charge in [-0.15, -0.1) is 0 Å². The largest absolute Gasteiger partial charge is 0.300 e. The van der Waals surface area contributed by atoms with Crippen molar-refractivity contribution < 1.29 is 9.72 Å². The fraction of sp³-hybridized carbons (Fsp3) is 0.0526. The number of Topliss-reactive ketones (excluding diaryl/α,β-unsaturated/α-hetero) is 1. The number of hydrogen-bond acceptors (Lipinski definition) is 7. The number of H-pyrrole nitrogens is 1. The number of nitrogens with one attached hydrogen (secondary N) is 1. The number of non-ortho nitro benzene ring substituents is 1. The number of aromatic amines is 1. The Balaban J connectivity index is 1.94. The molecule has 1 heterocycles. The van der Waals surface area contributed by atoms with E-state index in [0.717, 1.165) is 11.8 Å². The molecule has 3 aromatic rings. The van der Waals surface area contributed by atoms with Crippen molar-refractivity contribution in [3.05, 3.63) is 86.2 Å². The van der Waals surface area contributed by atoms with Crippen molar-refractivity contribution >= 4 is 23.2 Å². The van der Waals surface area contributed by atoms with E-state index in [4.69, 9.17) is 0 Å². The average Bonchev–Trinajstić information content (AvgIpc) is 2.72. The van der Waals surface area contributed by atoms with E-state index in [9.17, 15) is 25.0 Å². The molecule has 0 aliphatic heterocycles. The average molecular weight is 392 g/mol. The smallest absolute Gasteiger partial charge is 0.270 e. The highest BCUT2D eigenvalue weighted by atomic mass is 32.2. The molecule has 0 saturated carbocycles. The first kappa shape index (κ1) is 19.0. The predicted molar refractivity (Wildman–Crippen MR) is 103 cm³/mol. The maximum absolute atomic E-state index is 12.2. The van der Waals surface area contributed by atoms with Gasteiger partial charge in [-0.25, -0.2) is 4.98 Å². The molecular formula is C19H12N4O4S. The van der Waals surface area contributed by atoms with Crippen LogP contribution in [0.4, 0.5) is 5.69 Å². The van der Waals surface area contributed by atoms with E-state index >= 15 is 0 Å². The van der Waals surface area contributed by atoms with Crippen LogP contribution < -0.4 is 5.56 Å². The minimum absolute atomic E-state index is 0.0320. The number of rotatable bonds is 6. The molecule has 0 saturated heterocycles. The second kappa shape index (κ2) is 8.28. The third-order valence-corrected chi connectivity index (χ3v) is 4.65. The zero-order valence-corrected chi connectivity index (χ0v) is 15.1. The highest BCUT2D eigenvalue weighted by Crippen LogP contribution is 2.25. The Morgan fingerprint density at radius 3 is 2.64 bits per heavy atom. The summed E-state index contributed by atoms with van der Waals surface area (Å²) in [6.45, 7) is 0. The Bertz CT molecular complexity index is 1150. The molecule has 0 spiro atoms. The molecule has 1 aromatic heterocycles. The number of ketones is 1. The first-order valence-corrected chi connectivity index (χ1v) is 8.98. The Morgan fingerprint density at radius 1 is 1.21 bits per heavy atom. The lowest BCUT2D eigenvalue weighted by Crippen LogP contribution is -2.15. The summed E-state index contributed by atoms with van der Waals surface area (Å²) in [5.74, 6) is -0.109. The van der Waals surface area contributed by atoms with E-state index in [0.29, 0.717) is 5.56 Å². The zero-order chi connectivity index (χ0) is 20.1. The maximum Gasteiger partial charge on any atom is 0.270 e. The van der Waals surface area contributed by atoms with Crippen molar-refractivity contribution in [1.82, 2.24) is 9.97 Å². The SMILES string of the molecule is N#Cc1c(-c2cccc([N+](=O)[O-])c2)nc(SCC(=O)c2ccccc2)[nH]c1=O. The third kappa shape index (κ3) is 4.13. The number of nitriles is 1. The van der Waals surface area contributed by atoms with Crippen molar-refractivity contribution in [2.75, 3.05) is 5.75 Å². The number of carbonyl (C=O) groups is 1. The molecule has 0 amide bonds. The second-order valence-corrected chi connectivity index (χ2v) is 6.56. The van der Waals surface area contributed by atoms with Crippen LogP contribution in [-0.2, 0) is 0 Å². The standard InChI is InChI=1S/C19H12N4O4S/c20-10-15-17(13-7-4-8-14(9-13)23(26)27)21-19(22-18(15)25)28-11-16(24)12-5-2-1-3-6-12/h1-9H,11H2,(H,21,22,25). The number of carbonyl (C=O) groups excluding carboxylic acids is 1. The van der Waals surface area contributed by atoms with Crippen molar-refractivity contribution in [1.29, 1.82) is 5.26 Å². The summed E-state index contributed by atoms with van der Waals surface area (Å²) in [5.41, 5.74) is -0.271. The van der Waals surface area contributed by atoms with Gasteiger partial charge in [0.1, 0.15) is 11.6 Å². The van der Waals surface area contributed by atoms with Gasteiger partial charge in [0.05, 0.1) is 16.4 Å². The Hall–Kier alpha value is -3.77. The summed E-state index contributed by atoms with van der Waals surface area (Å²) in [6.07, 6.45) is 0. The van der Waals surface area contributed by atoms with Crippen molar-refractivity contribution in [2.45, 2.75) is 5.16 Å². The molecule has 138 valence electrons. The van der Waals surface area contributed by atoms with Gasteiger partial charge in [-0.1, -0.05) is 54.2 Å². The van der Waals surface area contributed by atoms with Crippen LogP contribution >= 0.6 is 11.8 Å². The van der Waals surface area contributed by atoms with Gasteiger partial charge in [0.25, 0.3) is 11.2 Å². The maximum atomic E-state index is 12.2. The number of hydrogen-bond donors (Lipinski definition) is 1. The van der Waals surface area contributed by atoms with Crippen LogP contribution in [0.25, 0.3) is 11.3 Å². The predicted octanol–water partition coefficient (Wildman–Crippen LogP) is 3.19. The van der Waals surface area contributed by atoms with Crippen molar-refractivity contribution in [3.8, 4) is 17.3 Å². The minimum atomic E-state index is -0.673. The highest BCUT2D eigenvalue weighted by molar-refractivity contribution is 7.99. The first-order valence-electron chi connectivity index (χ1n) is 8.00. The van der Waals surface area contributed by atoms with Crippen LogP contribution in [0.2, 0.25) is 0 Å². The van der Waals surface area contributed by atoms with Gasteiger partial charge in [0.15, 0.2) is 10.9 Å². The van der Waals surface area contributed by atoms with Crippen LogP contribution in [0.3, 0.4) is 0 Å². The summed E-state index contributed by atoms with van der Waals surface area (Å²) in [5, 5.41) is 20.4. The molecule has 0 unspecified atom stereocenters. The monoisotopic (exact) mass is 392 g/mol. The van der Waals surface area contributed by atoms with E-state index in [-0.39, 0.29) is 39.2 Å². The third-order valence-electron chi connectivity index (χ3n) is 3.78. The van der Waals surface area contributed by atoms with Crippen LogP contribution in [0.15, 0.2) is 64.5 Å². The summed E-state index contributed by atoms with van der Waals surface area (Å²) in [7, 11) is 0. The van der Waals surface area contributed by atoms with Crippen LogP contribution in [-0.4, -0.2) is 26.4 Å². The number of thioether (sulfide) groups is 1. The molecule has 28 heavy (non-hydrogen) atoms. The minimum Gasteiger partial charge on any atom is -0.300 e.